The van der Waals surface area contributed by atoms with Gasteiger partial charge in [0.25, 0.3) is 0 Å². The summed E-state index contributed by atoms with van der Waals surface area (Å²) in [5, 5.41) is 0. The van der Waals surface area contributed by atoms with Gasteiger partial charge in [-0.1, -0.05) is 6.42 Å². The Labute approximate surface area is 96.8 Å². The van der Waals surface area contributed by atoms with Crippen LogP contribution in [0.15, 0.2) is 0 Å². The normalized spacial score (nSPS) is 35.3. The molecule has 2 fully saturated rings. The molecule has 1 heterocycles. The Morgan fingerprint density at radius 1 is 1.20 bits per heavy atom. The predicted molar refractivity (Wildman–Crippen MR) is 61.7 cm³/mol. The maximum Gasteiger partial charge on any atom is 0.227 e. The Bertz CT molecular complexity index is 237. The third-order valence-corrected chi connectivity index (χ3v) is 3.42. The molecule has 1 aliphatic carbocycles. The number of nitrogens with two attached hydrogens (primary N) is 2. The fraction of sp³-hybridized carbons (Fsp3) is 0.900. The van der Waals surface area contributed by atoms with Gasteiger partial charge >= 0.3 is 0 Å². The first kappa shape index (κ1) is 12.7. The van der Waals surface area contributed by atoms with E-state index in [1.807, 2.05) is 4.90 Å². The maximum absolute atomic E-state index is 12.0. The summed E-state index contributed by atoms with van der Waals surface area (Å²) < 4.78 is 0. The van der Waals surface area contributed by atoms with Gasteiger partial charge in [0.15, 0.2) is 0 Å². The van der Waals surface area contributed by atoms with Crippen LogP contribution >= 0.6 is 12.4 Å². The van der Waals surface area contributed by atoms with Crippen molar-refractivity contribution in [3.63, 3.8) is 0 Å². The largest absolute Gasteiger partial charge is 0.341 e. The number of rotatable bonds is 1. The minimum absolute atomic E-state index is 0. The van der Waals surface area contributed by atoms with Gasteiger partial charge in [0, 0.05) is 25.2 Å². The molecule has 0 aromatic rings. The summed E-state index contributed by atoms with van der Waals surface area (Å²) in [6, 6.07) is 0.260. The minimum atomic E-state index is 0. The van der Waals surface area contributed by atoms with Gasteiger partial charge < -0.3 is 16.4 Å². The first-order valence-electron chi connectivity index (χ1n) is 5.48. The van der Waals surface area contributed by atoms with Gasteiger partial charge in [0.1, 0.15) is 0 Å². The van der Waals surface area contributed by atoms with E-state index in [9.17, 15) is 4.79 Å². The molecule has 0 aromatic heterocycles. The second-order valence-electron chi connectivity index (χ2n) is 4.53. The zero-order valence-corrected chi connectivity index (χ0v) is 9.71. The van der Waals surface area contributed by atoms with E-state index < -0.39 is 0 Å². The van der Waals surface area contributed by atoms with Crippen LogP contribution in [0.3, 0.4) is 0 Å². The highest BCUT2D eigenvalue weighted by atomic mass is 35.5. The lowest BCUT2D eigenvalue weighted by Gasteiger charge is -2.22. The Morgan fingerprint density at radius 2 is 1.93 bits per heavy atom. The van der Waals surface area contributed by atoms with Crippen LogP contribution in [0.2, 0.25) is 0 Å². The highest BCUT2D eigenvalue weighted by molar-refractivity contribution is 5.85. The fourth-order valence-corrected chi connectivity index (χ4v) is 2.52. The molecule has 1 saturated carbocycles. The van der Waals surface area contributed by atoms with E-state index in [1.54, 1.807) is 0 Å². The number of nitrogens with zero attached hydrogens (tertiary/aromatic N) is 1. The molecule has 3 atom stereocenters. The summed E-state index contributed by atoms with van der Waals surface area (Å²) in [5.74, 6) is 0.309. The summed E-state index contributed by atoms with van der Waals surface area (Å²) in [6.07, 6.45) is 3.99. The first-order chi connectivity index (χ1) is 6.68. The summed E-state index contributed by atoms with van der Waals surface area (Å²) in [4.78, 5) is 13.9. The second kappa shape index (κ2) is 5.14. The van der Waals surface area contributed by atoms with E-state index >= 15 is 0 Å². The average Bonchev–Trinajstić information content (AvgIpc) is 2.73. The number of carbonyl (C=O) groups excluding carboxylic acids is 1. The zero-order valence-electron chi connectivity index (χ0n) is 8.89. The smallest absolute Gasteiger partial charge is 0.227 e. The van der Waals surface area contributed by atoms with E-state index in [4.69, 9.17) is 11.5 Å². The average molecular weight is 234 g/mol. The van der Waals surface area contributed by atoms with E-state index in [1.165, 1.54) is 0 Å². The van der Waals surface area contributed by atoms with Gasteiger partial charge in [0.05, 0.1) is 5.92 Å². The van der Waals surface area contributed by atoms with Crippen molar-refractivity contribution in [1.29, 1.82) is 0 Å². The van der Waals surface area contributed by atoms with E-state index in [0.717, 1.165) is 38.8 Å². The molecular weight excluding hydrogens is 214 g/mol. The van der Waals surface area contributed by atoms with E-state index in [2.05, 4.69) is 0 Å². The lowest BCUT2D eigenvalue weighted by molar-refractivity contribution is -0.134. The van der Waals surface area contributed by atoms with Gasteiger partial charge in [-0.3, -0.25) is 4.79 Å². The molecule has 1 saturated heterocycles. The summed E-state index contributed by atoms with van der Waals surface area (Å²) >= 11 is 0. The molecule has 15 heavy (non-hydrogen) atoms. The number of hydrogen-bond donors (Lipinski definition) is 2. The van der Waals surface area contributed by atoms with Gasteiger partial charge in [-0.15, -0.1) is 12.4 Å². The monoisotopic (exact) mass is 233 g/mol. The van der Waals surface area contributed by atoms with Crippen LogP contribution in [0.4, 0.5) is 0 Å². The number of likely N-dealkylation sites (tertiary alicyclic amines) is 1. The lowest BCUT2D eigenvalue weighted by atomic mass is 10.0. The van der Waals surface area contributed by atoms with Crippen molar-refractivity contribution in [2.75, 3.05) is 13.1 Å². The Balaban J connectivity index is 0.00000112. The van der Waals surface area contributed by atoms with E-state index in [0.29, 0.717) is 0 Å². The summed E-state index contributed by atoms with van der Waals surface area (Å²) in [7, 11) is 0. The Hall–Kier alpha value is -0.320. The second-order valence-corrected chi connectivity index (χ2v) is 4.53. The van der Waals surface area contributed by atoms with Crippen LogP contribution in [0.5, 0.6) is 0 Å². The van der Waals surface area contributed by atoms with Crippen LogP contribution in [0, 0.1) is 5.92 Å². The van der Waals surface area contributed by atoms with Crippen LogP contribution in [0.25, 0.3) is 0 Å². The first-order valence-corrected chi connectivity index (χ1v) is 5.48. The van der Waals surface area contributed by atoms with Gasteiger partial charge in [-0.2, -0.15) is 0 Å². The number of hydrogen-bond acceptors (Lipinski definition) is 3. The molecule has 0 bridgehead atoms. The maximum atomic E-state index is 12.0. The molecule has 1 amide bonds. The number of halogens is 1. The lowest BCUT2D eigenvalue weighted by Crippen LogP contribution is -2.41. The topological polar surface area (TPSA) is 72.4 Å². The molecule has 2 unspecified atom stereocenters. The van der Waals surface area contributed by atoms with Crippen molar-refractivity contribution in [3.8, 4) is 0 Å². The molecule has 0 aromatic carbocycles. The minimum Gasteiger partial charge on any atom is -0.341 e. The van der Waals surface area contributed by atoms with Gasteiger partial charge in [-0.25, -0.2) is 0 Å². The Morgan fingerprint density at radius 3 is 2.40 bits per heavy atom. The van der Waals surface area contributed by atoms with Crippen LogP contribution in [0.1, 0.15) is 25.7 Å². The predicted octanol–water partition coefficient (Wildman–Crippen LogP) is 0.0952. The number of carbonyl (C=O) groups is 1. The summed E-state index contributed by atoms with van der Waals surface area (Å²) in [5.41, 5.74) is 11.7. The summed E-state index contributed by atoms with van der Waals surface area (Å²) in [6.45, 7) is 1.55. The Kier molecular flexibility index (Phi) is 4.37. The molecule has 2 aliphatic rings. The number of amides is 1. The molecular formula is C10H20ClN3O. The molecule has 0 spiro atoms. The highest BCUT2D eigenvalue weighted by Crippen LogP contribution is 2.26. The van der Waals surface area contributed by atoms with Crippen molar-refractivity contribution in [2.24, 2.45) is 17.4 Å². The van der Waals surface area contributed by atoms with Gasteiger partial charge in [-0.05, 0) is 19.3 Å². The fourth-order valence-electron chi connectivity index (χ4n) is 2.52. The molecule has 4 N–H and O–H groups in total. The van der Waals surface area contributed by atoms with Crippen LogP contribution in [-0.4, -0.2) is 36.0 Å². The molecule has 2 rings (SSSR count). The van der Waals surface area contributed by atoms with Crippen LogP contribution < -0.4 is 11.5 Å². The van der Waals surface area contributed by atoms with Crippen molar-refractivity contribution < 1.29 is 4.79 Å². The third kappa shape index (κ3) is 2.62. The van der Waals surface area contributed by atoms with E-state index in [-0.39, 0.29) is 36.3 Å². The van der Waals surface area contributed by atoms with Crippen LogP contribution in [-0.2, 0) is 4.79 Å². The van der Waals surface area contributed by atoms with Crippen molar-refractivity contribution in [1.82, 2.24) is 4.90 Å². The van der Waals surface area contributed by atoms with Crippen molar-refractivity contribution in [3.05, 3.63) is 0 Å². The molecule has 0 radical (unpaired) electrons. The third-order valence-electron chi connectivity index (χ3n) is 3.42. The van der Waals surface area contributed by atoms with Crippen molar-refractivity contribution in [2.45, 2.75) is 37.8 Å². The zero-order chi connectivity index (χ0) is 10.1. The quantitative estimate of drug-likeness (QED) is 0.675. The van der Waals surface area contributed by atoms with Crippen molar-refractivity contribution >= 4 is 18.3 Å². The standard InChI is InChI=1S/C10H19N3O.ClH/c11-7-4-5-13(6-7)10(14)8-2-1-3-9(8)12;/h7-9H,1-6,11-12H2;1H/t7-,8?,9?;/m1./s1. The SMILES string of the molecule is Cl.NC1CCCC1C(=O)N1CC[C@@H](N)C1. The molecule has 5 heteroatoms. The highest BCUT2D eigenvalue weighted by Gasteiger charge is 2.35. The molecule has 88 valence electrons. The molecule has 1 aliphatic heterocycles. The molecule has 4 nitrogen and oxygen atoms in total. The van der Waals surface area contributed by atoms with Gasteiger partial charge in [0.2, 0.25) is 5.91 Å².